The molecule has 3 aromatic carbocycles. The van der Waals surface area contributed by atoms with Gasteiger partial charge in [-0.05, 0) is 54.3 Å². The van der Waals surface area contributed by atoms with Crippen LogP contribution in [0.1, 0.15) is 35.6 Å². The first-order chi connectivity index (χ1) is 20.0. The summed E-state index contributed by atoms with van der Waals surface area (Å²) in [6.45, 7) is 1.98. The Morgan fingerprint density at radius 1 is 0.951 bits per heavy atom. The van der Waals surface area contributed by atoms with Gasteiger partial charge in [-0.2, -0.15) is 0 Å². The van der Waals surface area contributed by atoms with E-state index in [1.54, 1.807) is 36.4 Å². The van der Waals surface area contributed by atoms with Crippen LogP contribution >= 0.6 is 0 Å². The van der Waals surface area contributed by atoms with Gasteiger partial charge in [-0.3, -0.25) is 9.59 Å². The third kappa shape index (κ3) is 5.32. The second-order valence-corrected chi connectivity index (χ2v) is 10.1. The second-order valence-electron chi connectivity index (χ2n) is 10.1. The molecule has 0 unspecified atom stereocenters. The molecule has 3 aromatic rings. The maximum Gasteiger partial charge on any atom is 0.295 e. The fourth-order valence-electron chi connectivity index (χ4n) is 5.48. The molecule has 6 rings (SSSR count). The number of ketones is 1. The third-order valence-electron chi connectivity index (χ3n) is 7.52. The molecular weight excluding hydrogens is 526 g/mol. The summed E-state index contributed by atoms with van der Waals surface area (Å²) in [5.41, 5.74) is 1.95. The Kier molecular flexibility index (Phi) is 7.52. The number of hydrogen-bond acceptors (Lipinski definition) is 8. The lowest BCUT2D eigenvalue weighted by atomic mass is 9.94. The summed E-state index contributed by atoms with van der Waals surface area (Å²) in [6, 6.07) is 19.2. The molecule has 3 aliphatic rings. The minimum atomic E-state index is -0.857. The van der Waals surface area contributed by atoms with Gasteiger partial charge in [-0.15, -0.1) is 0 Å². The largest absolute Gasteiger partial charge is 0.507 e. The molecule has 0 bridgehead atoms. The monoisotopic (exact) mass is 557 g/mol. The van der Waals surface area contributed by atoms with Crippen LogP contribution in [-0.2, 0) is 20.9 Å². The van der Waals surface area contributed by atoms with Gasteiger partial charge in [0.1, 0.15) is 25.6 Å². The highest BCUT2D eigenvalue weighted by Crippen LogP contribution is 2.43. The lowest BCUT2D eigenvalue weighted by molar-refractivity contribution is -0.140. The van der Waals surface area contributed by atoms with Gasteiger partial charge in [-0.25, -0.2) is 0 Å². The number of aliphatic hydroxyl groups excluding tert-OH is 1. The zero-order valence-corrected chi connectivity index (χ0v) is 22.7. The molecule has 9 nitrogen and oxygen atoms in total. The molecule has 1 N–H and O–H groups in total. The van der Waals surface area contributed by atoms with E-state index in [-0.39, 0.29) is 24.0 Å². The van der Waals surface area contributed by atoms with Gasteiger partial charge in [-0.1, -0.05) is 36.4 Å². The van der Waals surface area contributed by atoms with E-state index in [4.69, 9.17) is 23.7 Å². The smallest absolute Gasteiger partial charge is 0.295 e. The number of amides is 1. The molecule has 0 aliphatic carbocycles. The predicted octanol–water partition coefficient (Wildman–Crippen LogP) is 4.65. The standard InChI is InChI=1S/C32H31NO8/c1-37-26-16-21(9-11-24(26)41-19-20-6-3-2-4-7-20)29-28(31(35)32(36)33(29)18-23-8-5-13-38-23)30(34)22-10-12-25-27(17-22)40-15-14-39-25/h2-4,6-7,9-12,16-17,23,29,34H,5,8,13-15,18-19H2,1H3/t23-,29-/m0/s1. The van der Waals surface area contributed by atoms with Crippen molar-refractivity contribution < 1.29 is 38.4 Å². The van der Waals surface area contributed by atoms with Crippen molar-refractivity contribution in [1.82, 2.24) is 4.90 Å². The van der Waals surface area contributed by atoms with Crippen LogP contribution < -0.4 is 18.9 Å². The van der Waals surface area contributed by atoms with Crippen molar-refractivity contribution in [1.29, 1.82) is 0 Å². The second kappa shape index (κ2) is 11.5. The number of methoxy groups -OCH3 is 1. The van der Waals surface area contributed by atoms with Gasteiger partial charge in [0, 0.05) is 18.7 Å². The molecule has 3 heterocycles. The van der Waals surface area contributed by atoms with Crippen LogP contribution in [0.5, 0.6) is 23.0 Å². The van der Waals surface area contributed by atoms with Crippen molar-refractivity contribution in [3.8, 4) is 23.0 Å². The Morgan fingerprint density at radius 3 is 2.51 bits per heavy atom. The molecule has 2 saturated heterocycles. The molecule has 0 radical (unpaired) electrons. The number of Topliss-reactive ketones (excluding diaryl/α,β-unsaturated/α-hetero) is 1. The van der Waals surface area contributed by atoms with Crippen molar-refractivity contribution in [3.05, 3.63) is 89.0 Å². The number of ether oxygens (including phenoxy) is 5. The fourth-order valence-corrected chi connectivity index (χ4v) is 5.48. The van der Waals surface area contributed by atoms with Crippen LogP contribution in [0.4, 0.5) is 0 Å². The van der Waals surface area contributed by atoms with Crippen LogP contribution in [0, 0.1) is 0 Å². The molecule has 2 atom stereocenters. The number of nitrogens with zero attached hydrogens (tertiary/aromatic N) is 1. The summed E-state index contributed by atoms with van der Waals surface area (Å²) < 4.78 is 28.8. The lowest BCUT2D eigenvalue weighted by Gasteiger charge is -2.28. The number of rotatable bonds is 8. The molecular formula is C32H31NO8. The number of carbonyl (C=O) groups is 2. The number of aliphatic hydroxyl groups is 1. The van der Waals surface area contributed by atoms with Crippen LogP contribution in [0.25, 0.3) is 5.76 Å². The maximum absolute atomic E-state index is 13.5. The van der Waals surface area contributed by atoms with Crippen LogP contribution in [-0.4, -0.2) is 61.3 Å². The molecule has 0 saturated carbocycles. The highest BCUT2D eigenvalue weighted by atomic mass is 16.6. The zero-order chi connectivity index (χ0) is 28.3. The number of benzene rings is 3. The summed E-state index contributed by atoms with van der Waals surface area (Å²) in [5.74, 6) is 0.245. The first kappa shape index (κ1) is 26.7. The first-order valence-corrected chi connectivity index (χ1v) is 13.7. The summed E-state index contributed by atoms with van der Waals surface area (Å²) in [4.78, 5) is 28.4. The predicted molar refractivity (Wildman–Crippen MR) is 149 cm³/mol. The number of fused-ring (bicyclic) bond motifs is 1. The zero-order valence-electron chi connectivity index (χ0n) is 22.7. The van der Waals surface area contributed by atoms with E-state index in [9.17, 15) is 14.7 Å². The third-order valence-corrected chi connectivity index (χ3v) is 7.52. The summed E-state index contributed by atoms with van der Waals surface area (Å²) in [7, 11) is 1.53. The molecule has 1 amide bonds. The SMILES string of the molecule is COc1cc([C@H]2C(=C(O)c3ccc4c(c3)OCCO4)C(=O)C(=O)N2C[C@@H]2CCCO2)ccc1OCc1ccccc1. The van der Waals surface area contributed by atoms with E-state index < -0.39 is 17.7 Å². The van der Waals surface area contributed by atoms with Crippen molar-refractivity contribution in [2.24, 2.45) is 0 Å². The van der Waals surface area contributed by atoms with E-state index in [1.807, 2.05) is 30.3 Å². The average molecular weight is 558 g/mol. The number of hydrogen-bond donors (Lipinski definition) is 1. The van der Waals surface area contributed by atoms with E-state index in [0.717, 1.165) is 18.4 Å². The van der Waals surface area contributed by atoms with Gasteiger partial charge in [0.25, 0.3) is 11.7 Å². The van der Waals surface area contributed by atoms with E-state index in [1.165, 1.54) is 12.0 Å². The Hall–Kier alpha value is -4.50. The van der Waals surface area contributed by atoms with Crippen LogP contribution in [0.2, 0.25) is 0 Å². The Balaban J connectivity index is 1.39. The van der Waals surface area contributed by atoms with Gasteiger partial charge in [0.15, 0.2) is 23.0 Å². The van der Waals surface area contributed by atoms with Gasteiger partial charge >= 0.3 is 0 Å². The number of carbonyl (C=O) groups excluding carboxylic acids is 2. The normalized spacial score (nSPS) is 21.2. The Labute approximate surface area is 237 Å². The van der Waals surface area contributed by atoms with Crippen LogP contribution in [0.15, 0.2) is 72.3 Å². The number of likely N-dealkylation sites (tertiary alicyclic amines) is 1. The minimum absolute atomic E-state index is 0.00955. The Morgan fingerprint density at radius 2 is 1.76 bits per heavy atom. The molecule has 41 heavy (non-hydrogen) atoms. The van der Waals surface area contributed by atoms with Crippen molar-refractivity contribution in [3.63, 3.8) is 0 Å². The van der Waals surface area contributed by atoms with E-state index in [2.05, 4.69) is 0 Å². The van der Waals surface area contributed by atoms with E-state index >= 15 is 0 Å². The minimum Gasteiger partial charge on any atom is -0.507 e. The molecule has 0 aromatic heterocycles. The van der Waals surface area contributed by atoms with Crippen molar-refractivity contribution >= 4 is 17.4 Å². The van der Waals surface area contributed by atoms with Gasteiger partial charge in [0.05, 0.1) is 24.8 Å². The highest BCUT2D eigenvalue weighted by molar-refractivity contribution is 6.46. The molecule has 212 valence electrons. The topological polar surface area (TPSA) is 104 Å². The van der Waals surface area contributed by atoms with Crippen molar-refractivity contribution in [2.45, 2.75) is 31.6 Å². The highest BCUT2D eigenvalue weighted by Gasteiger charge is 2.47. The van der Waals surface area contributed by atoms with E-state index in [0.29, 0.717) is 60.6 Å². The van der Waals surface area contributed by atoms with Gasteiger partial charge < -0.3 is 33.7 Å². The van der Waals surface area contributed by atoms with Crippen LogP contribution in [0.3, 0.4) is 0 Å². The van der Waals surface area contributed by atoms with Crippen molar-refractivity contribution in [2.75, 3.05) is 33.5 Å². The molecule has 0 spiro atoms. The first-order valence-electron chi connectivity index (χ1n) is 13.7. The molecule has 2 fully saturated rings. The fraction of sp³-hybridized carbons (Fsp3) is 0.312. The quantitative estimate of drug-likeness (QED) is 0.243. The average Bonchev–Trinajstić information content (AvgIpc) is 3.62. The maximum atomic E-state index is 13.5. The Bertz CT molecular complexity index is 1480. The summed E-state index contributed by atoms with van der Waals surface area (Å²) >= 11 is 0. The molecule has 9 heteroatoms. The summed E-state index contributed by atoms with van der Waals surface area (Å²) in [6.07, 6.45) is 1.48. The summed E-state index contributed by atoms with van der Waals surface area (Å²) in [5, 5.41) is 11.5. The molecule has 3 aliphatic heterocycles. The lowest BCUT2D eigenvalue weighted by Crippen LogP contribution is -2.36. The van der Waals surface area contributed by atoms with Gasteiger partial charge in [0.2, 0.25) is 0 Å².